The summed E-state index contributed by atoms with van der Waals surface area (Å²) in [6.45, 7) is 0.452. The highest BCUT2D eigenvalue weighted by atomic mass is 79.9. The Morgan fingerprint density at radius 2 is 2.00 bits per heavy atom. The van der Waals surface area contributed by atoms with Gasteiger partial charge in [-0.1, -0.05) is 23.8 Å². The molecule has 0 atom stereocenters. The number of sulfonamides is 1. The van der Waals surface area contributed by atoms with Crippen LogP contribution in [-0.2, 0) is 19.6 Å². The molecule has 1 N–H and O–H groups in total. The number of piperidine rings is 1. The highest BCUT2D eigenvalue weighted by molar-refractivity contribution is 9.11. The average molecular weight is 488 g/mol. The van der Waals surface area contributed by atoms with Crippen molar-refractivity contribution in [2.24, 2.45) is 0 Å². The number of carbonyl (C=O) groups excluding carboxylic acids is 2. The van der Waals surface area contributed by atoms with Crippen LogP contribution in [0.4, 0.5) is 5.13 Å². The predicted molar refractivity (Wildman–Crippen MR) is 108 cm³/mol. The van der Waals surface area contributed by atoms with Crippen molar-refractivity contribution in [1.82, 2.24) is 9.29 Å². The first kappa shape index (κ1) is 20.9. The number of ether oxygens (including phenoxy) is 1. The van der Waals surface area contributed by atoms with Gasteiger partial charge in [-0.3, -0.25) is 10.1 Å². The molecule has 8 nitrogen and oxygen atoms in total. The smallest absolute Gasteiger partial charge is 0.338 e. The van der Waals surface area contributed by atoms with Crippen LogP contribution in [0, 0.1) is 0 Å². The lowest BCUT2D eigenvalue weighted by Gasteiger charge is -2.25. The van der Waals surface area contributed by atoms with Gasteiger partial charge in [0.1, 0.15) is 0 Å². The van der Waals surface area contributed by atoms with Gasteiger partial charge in [0.05, 0.1) is 20.4 Å². The fourth-order valence-corrected chi connectivity index (χ4v) is 5.41. The predicted octanol–water partition coefficient (Wildman–Crippen LogP) is 2.88. The van der Waals surface area contributed by atoms with Crippen molar-refractivity contribution in [3.63, 3.8) is 0 Å². The Labute approximate surface area is 175 Å². The summed E-state index contributed by atoms with van der Waals surface area (Å²) in [4.78, 5) is 28.1. The first-order valence-electron chi connectivity index (χ1n) is 8.55. The van der Waals surface area contributed by atoms with Crippen LogP contribution in [0.15, 0.2) is 39.1 Å². The quantitative estimate of drug-likeness (QED) is 0.627. The van der Waals surface area contributed by atoms with Gasteiger partial charge in [0, 0.05) is 13.1 Å². The molecule has 0 unspecified atom stereocenters. The summed E-state index contributed by atoms with van der Waals surface area (Å²) < 4.78 is 32.6. The van der Waals surface area contributed by atoms with Crippen LogP contribution in [0.2, 0.25) is 0 Å². The monoisotopic (exact) mass is 487 g/mol. The van der Waals surface area contributed by atoms with E-state index in [0.717, 1.165) is 23.0 Å². The molecule has 150 valence electrons. The molecule has 0 spiro atoms. The molecule has 1 fully saturated rings. The highest BCUT2D eigenvalue weighted by Crippen LogP contribution is 2.23. The van der Waals surface area contributed by atoms with E-state index in [9.17, 15) is 18.0 Å². The van der Waals surface area contributed by atoms with Crippen molar-refractivity contribution < 1.29 is 22.7 Å². The molecule has 1 aliphatic heterocycles. The van der Waals surface area contributed by atoms with Crippen LogP contribution < -0.4 is 5.32 Å². The number of hydrogen-bond donors (Lipinski definition) is 1. The Bertz CT molecular complexity index is 971. The van der Waals surface area contributed by atoms with Gasteiger partial charge in [0.25, 0.3) is 5.91 Å². The number of aromatic nitrogens is 1. The third-order valence-electron chi connectivity index (χ3n) is 4.08. The second kappa shape index (κ2) is 9.12. The van der Waals surface area contributed by atoms with Crippen molar-refractivity contribution >= 4 is 54.3 Å². The van der Waals surface area contributed by atoms with Gasteiger partial charge < -0.3 is 4.74 Å². The molecule has 0 bridgehead atoms. The number of halogens is 1. The summed E-state index contributed by atoms with van der Waals surface area (Å²) in [7, 11) is -3.65. The van der Waals surface area contributed by atoms with Gasteiger partial charge in [0.2, 0.25) is 10.0 Å². The molecule has 2 heterocycles. The lowest BCUT2D eigenvalue weighted by Crippen LogP contribution is -2.35. The van der Waals surface area contributed by atoms with Crippen LogP contribution in [0.1, 0.15) is 29.6 Å². The highest BCUT2D eigenvalue weighted by Gasteiger charge is 2.26. The van der Waals surface area contributed by atoms with Gasteiger partial charge in [-0.15, -0.1) is 0 Å². The SMILES string of the molecule is O=C(COC(=O)c1cccc(S(=O)(=O)N2CCCCC2)c1)Nc1ncc(Br)s1. The van der Waals surface area contributed by atoms with Crippen LogP contribution in [-0.4, -0.2) is 49.3 Å². The number of thiazole rings is 1. The van der Waals surface area contributed by atoms with E-state index in [0.29, 0.717) is 18.2 Å². The van der Waals surface area contributed by atoms with Crippen molar-refractivity contribution in [3.05, 3.63) is 39.8 Å². The van der Waals surface area contributed by atoms with Crippen molar-refractivity contribution in [2.45, 2.75) is 24.2 Å². The molecule has 28 heavy (non-hydrogen) atoms. The van der Waals surface area contributed by atoms with Gasteiger partial charge in [-0.2, -0.15) is 4.31 Å². The van der Waals surface area contributed by atoms with E-state index in [2.05, 4.69) is 26.2 Å². The van der Waals surface area contributed by atoms with E-state index in [1.807, 2.05) is 0 Å². The van der Waals surface area contributed by atoms with E-state index in [-0.39, 0.29) is 10.5 Å². The summed E-state index contributed by atoms with van der Waals surface area (Å²) in [6, 6.07) is 5.67. The van der Waals surface area contributed by atoms with Crippen molar-refractivity contribution in [3.8, 4) is 0 Å². The van der Waals surface area contributed by atoms with E-state index >= 15 is 0 Å². The van der Waals surface area contributed by atoms with E-state index in [1.54, 1.807) is 6.20 Å². The molecule has 1 aromatic heterocycles. The second-order valence-corrected chi connectivity index (χ2v) is 10.4. The summed E-state index contributed by atoms with van der Waals surface area (Å²) in [5.74, 6) is -1.31. The molecular weight excluding hydrogens is 470 g/mol. The van der Waals surface area contributed by atoms with Crippen molar-refractivity contribution in [1.29, 1.82) is 0 Å². The van der Waals surface area contributed by atoms with Crippen LogP contribution in [0.3, 0.4) is 0 Å². The van der Waals surface area contributed by atoms with Crippen LogP contribution in [0.5, 0.6) is 0 Å². The number of benzene rings is 1. The van der Waals surface area contributed by atoms with Crippen LogP contribution >= 0.6 is 27.3 Å². The molecule has 0 aliphatic carbocycles. The summed E-state index contributed by atoms with van der Waals surface area (Å²) in [5, 5.41) is 2.88. The topological polar surface area (TPSA) is 106 Å². The zero-order chi connectivity index (χ0) is 20.1. The first-order chi connectivity index (χ1) is 13.4. The minimum Gasteiger partial charge on any atom is -0.452 e. The van der Waals surface area contributed by atoms with Crippen molar-refractivity contribution in [2.75, 3.05) is 25.0 Å². The van der Waals surface area contributed by atoms with Gasteiger partial charge in [0.15, 0.2) is 11.7 Å². The Kier molecular flexibility index (Phi) is 6.81. The minimum atomic E-state index is -3.65. The molecule has 1 amide bonds. The van der Waals surface area contributed by atoms with E-state index in [4.69, 9.17) is 4.74 Å². The fourth-order valence-electron chi connectivity index (χ4n) is 2.72. The molecular formula is C17H18BrN3O5S2. The third-order valence-corrected chi connectivity index (χ3v) is 7.37. The van der Waals surface area contributed by atoms with E-state index in [1.165, 1.54) is 39.9 Å². The first-order valence-corrected chi connectivity index (χ1v) is 11.6. The second-order valence-electron chi connectivity index (χ2n) is 6.09. The Morgan fingerprint density at radius 1 is 1.25 bits per heavy atom. The zero-order valence-electron chi connectivity index (χ0n) is 14.8. The minimum absolute atomic E-state index is 0.0425. The summed E-state index contributed by atoms with van der Waals surface area (Å²) >= 11 is 4.46. The fraction of sp³-hybridized carbons (Fsp3) is 0.353. The number of anilines is 1. The van der Waals surface area contributed by atoms with Crippen LogP contribution in [0.25, 0.3) is 0 Å². The maximum atomic E-state index is 12.7. The van der Waals surface area contributed by atoms with Gasteiger partial charge in [-0.25, -0.2) is 18.2 Å². The lowest BCUT2D eigenvalue weighted by molar-refractivity contribution is -0.119. The maximum absolute atomic E-state index is 12.7. The number of rotatable bonds is 6. The van der Waals surface area contributed by atoms with Gasteiger partial charge in [-0.05, 0) is 47.0 Å². The number of esters is 1. The average Bonchev–Trinajstić information content (AvgIpc) is 3.11. The largest absolute Gasteiger partial charge is 0.452 e. The summed E-state index contributed by atoms with van der Waals surface area (Å²) in [6.07, 6.45) is 4.20. The standard InChI is InChI=1S/C17H18BrN3O5S2/c18-14-10-19-17(27-14)20-15(22)11-26-16(23)12-5-4-6-13(9-12)28(24,25)21-7-2-1-3-8-21/h4-6,9-10H,1-3,7-8,11H2,(H,19,20,22). The van der Waals surface area contributed by atoms with E-state index < -0.39 is 28.5 Å². The zero-order valence-corrected chi connectivity index (χ0v) is 18.0. The Balaban J connectivity index is 1.62. The number of nitrogens with one attached hydrogen (secondary N) is 1. The Hall–Kier alpha value is -1.82. The third kappa shape index (κ3) is 5.16. The molecule has 3 rings (SSSR count). The normalized spacial score (nSPS) is 15.2. The lowest BCUT2D eigenvalue weighted by atomic mass is 10.2. The number of carbonyl (C=O) groups is 2. The molecule has 1 aromatic carbocycles. The number of nitrogens with zero attached hydrogens (tertiary/aromatic N) is 2. The number of amides is 1. The molecule has 0 saturated carbocycles. The Morgan fingerprint density at radius 3 is 2.68 bits per heavy atom. The molecule has 0 radical (unpaired) electrons. The molecule has 1 aliphatic rings. The maximum Gasteiger partial charge on any atom is 0.338 e. The molecule has 2 aromatic rings. The van der Waals surface area contributed by atoms with Gasteiger partial charge >= 0.3 is 5.97 Å². The molecule has 1 saturated heterocycles. The molecule has 11 heteroatoms. The number of hydrogen-bond acceptors (Lipinski definition) is 7. The summed E-state index contributed by atoms with van der Waals surface area (Å²) in [5.41, 5.74) is 0.0721.